The standard InChI is InChI=1S/C25H24ClN3O4S/c1-32-19-9-12-21-24(17-19)33-23-6-3-2-5-22(23)27-25(21)28-13-4-14-29(16-15-28)34(30,31)20-10-7-18(26)8-11-20/h2-3,5-12,17H,4,13-16H2,1H3. The summed E-state index contributed by atoms with van der Waals surface area (Å²) in [5.74, 6) is 2.76. The first kappa shape index (κ1) is 22.7. The van der Waals surface area contributed by atoms with Crippen molar-refractivity contribution in [1.82, 2.24) is 9.21 Å². The molecule has 1 fully saturated rings. The maximum absolute atomic E-state index is 13.2. The number of para-hydroxylation sites is 2. The average molecular weight is 498 g/mol. The van der Waals surface area contributed by atoms with Crippen LogP contribution in [0.2, 0.25) is 5.02 Å². The molecular weight excluding hydrogens is 474 g/mol. The van der Waals surface area contributed by atoms with Crippen molar-refractivity contribution in [3.05, 3.63) is 77.3 Å². The van der Waals surface area contributed by atoms with Crippen molar-refractivity contribution >= 4 is 33.1 Å². The Morgan fingerprint density at radius 2 is 1.74 bits per heavy atom. The van der Waals surface area contributed by atoms with Gasteiger partial charge in [-0.2, -0.15) is 4.31 Å². The van der Waals surface area contributed by atoms with Crippen LogP contribution in [0.25, 0.3) is 0 Å². The van der Waals surface area contributed by atoms with Crippen LogP contribution in [0.15, 0.2) is 76.6 Å². The van der Waals surface area contributed by atoms with E-state index in [2.05, 4.69) is 4.90 Å². The molecule has 0 saturated carbocycles. The Morgan fingerprint density at radius 1 is 0.941 bits per heavy atom. The van der Waals surface area contributed by atoms with Crippen molar-refractivity contribution in [2.45, 2.75) is 11.3 Å². The molecule has 176 valence electrons. The summed E-state index contributed by atoms with van der Waals surface area (Å²) in [6.45, 7) is 1.94. The number of nitrogens with zero attached hydrogens (tertiary/aromatic N) is 3. The lowest BCUT2D eigenvalue weighted by atomic mass is 10.1. The van der Waals surface area contributed by atoms with Crippen molar-refractivity contribution in [1.29, 1.82) is 0 Å². The fourth-order valence-corrected chi connectivity index (χ4v) is 5.77. The molecule has 0 unspecified atom stereocenters. The molecule has 0 bridgehead atoms. The molecule has 0 amide bonds. The fourth-order valence-electron chi connectivity index (χ4n) is 4.17. The number of aliphatic imine (C=N–C) groups is 1. The number of rotatable bonds is 3. The van der Waals surface area contributed by atoms with Crippen LogP contribution in [0.4, 0.5) is 5.69 Å². The smallest absolute Gasteiger partial charge is 0.243 e. The van der Waals surface area contributed by atoms with Gasteiger partial charge in [0.25, 0.3) is 0 Å². The first-order chi connectivity index (χ1) is 16.5. The SMILES string of the molecule is COc1ccc2c(c1)Oc1ccccc1N=C2N1CCCN(S(=O)(=O)c2ccc(Cl)cc2)CC1. The number of halogens is 1. The van der Waals surface area contributed by atoms with Gasteiger partial charge >= 0.3 is 0 Å². The molecule has 3 aromatic rings. The molecule has 0 N–H and O–H groups in total. The lowest BCUT2D eigenvalue weighted by molar-refractivity contribution is 0.404. The van der Waals surface area contributed by atoms with Crippen LogP contribution >= 0.6 is 11.6 Å². The molecule has 1 saturated heterocycles. The zero-order valence-electron chi connectivity index (χ0n) is 18.6. The number of ether oxygens (including phenoxy) is 2. The van der Waals surface area contributed by atoms with E-state index in [-0.39, 0.29) is 4.90 Å². The van der Waals surface area contributed by atoms with Crippen LogP contribution in [0.3, 0.4) is 0 Å². The highest BCUT2D eigenvalue weighted by atomic mass is 35.5. The molecule has 34 heavy (non-hydrogen) atoms. The molecule has 5 rings (SSSR count). The lowest BCUT2D eigenvalue weighted by Gasteiger charge is -2.25. The Morgan fingerprint density at radius 3 is 2.53 bits per heavy atom. The van der Waals surface area contributed by atoms with E-state index in [4.69, 9.17) is 26.1 Å². The van der Waals surface area contributed by atoms with Gasteiger partial charge in [-0.1, -0.05) is 23.7 Å². The fraction of sp³-hybridized carbons (Fsp3) is 0.240. The highest BCUT2D eigenvalue weighted by Gasteiger charge is 2.30. The van der Waals surface area contributed by atoms with Gasteiger partial charge in [0.2, 0.25) is 10.0 Å². The molecule has 0 radical (unpaired) electrons. The van der Waals surface area contributed by atoms with Gasteiger partial charge in [-0.15, -0.1) is 0 Å². The summed E-state index contributed by atoms with van der Waals surface area (Å²) in [4.78, 5) is 7.33. The second kappa shape index (κ2) is 9.29. The quantitative estimate of drug-likeness (QED) is 0.513. The van der Waals surface area contributed by atoms with Gasteiger partial charge in [-0.3, -0.25) is 0 Å². The highest BCUT2D eigenvalue weighted by Crippen LogP contribution is 2.39. The van der Waals surface area contributed by atoms with Crippen LogP contribution in [0.5, 0.6) is 17.2 Å². The number of fused-ring (bicyclic) bond motifs is 2. The summed E-state index contributed by atoms with van der Waals surface area (Å²) < 4.78 is 39.6. The highest BCUT2D eigenvalue weighted by molar-refractivity contribution is 7.89. The number of methoxy groups -OCH3 is 1. The van der Waals surface area contributed by atoms with E-state index in [1.807, 2.05) is 42.5 Å². The van der Waals surface area contributed by atoms with Gasteiger partial charge < -0.3 is 14.4 Å². The molecule has 0 spiro atoms. The van der Waals surface area contributed by atoms with E-state index < -0.39 is 10.0 Å². The molecule has 0 aromatic heterocycles. The van der Waals surface area contributed by atoms with Crippen LogP contribution in [0.1, 0.15) is 12.0 Å². The summed E-state index contributed by atoms with van der Waals surface area (Å²) in [7, 11) is -2.00. The molecular formula is C25H24ClN3O4S. The second-order valence-corrected chi connectivity index (χ2v) is 10.4. The van der Waals surface area contributed by atoms with Crippen molar-refractivity contribution in [2.75, 3.05) is 33.3 Å². The predicted molar refractivity (Wildman–Crippen MR) is 132 cm³/mol. The molecule has 3 aromatic carbocycles. The van der Waals surface area contributed by atoms with E-state index in [1.54, 1.807) is 31.4 Å². The summed E-state index contributed by atoms with van der Waals surface area (Å²) >= 11 is 5.94. The minimum Gasteiger partial charge on any atom is -0.497 e. The Hall–Kier alpha value is -3.07. The number of hydrogen-bond acceptors (Lipinski definition) is 6. The van der Waals surface area contributed by atoms with Crippen LogP contribution in [-0.2, 0) is 10.0 Å². The van der Waals surface area contributed by atoms with Gasteiger partial charge in [0.05, 0.1) is 17.6 Å². The Balaban J connectivity index is 1.47. The summed E-state index contributed by atoms with van der Waals surface area (Å²) in [6.07, 6.45) is 0.666. The first-order valence-electron chi connectivity index (χ1n) is 11.0. The lowest BCUT2D eigenvalue weighted by Crippen LogP contribution is -2.37. The second-order valence-electron chi connectivity index (χ2n) is 8.07. The molecule has 0 atom stereocenters. The van der Waals surface area contributed by atoms with Crippen molar-refractivity contribution in [2.24, 2.45) is 4.99 Å². The molecule has 0 aliphatic carbocycles. The minimum atomic E-state index is -3.61. The zero-order valence-corrected chi connectivity index (χ0v) is 20.2. The predicted octanol–water partition coefficient (Wildman–Crippen LogP) is 4.93. The number of benzene rings is 3. The summed E-state index contributed by atoms with van der Waals surface area (Å²) in [5, 5.41) is 0.505. The van der Waals surface area contributed by atoms with Gasteiger partial charge in [0.15, 0.2) is 5.75 Å². The van der Waals surface area contributed by atoms with Gasteiger partial charge in [-0.05, 0) is 55.0 Å². The van der Waals surface area contributed by atoms with Crippen LogP contribution < -0.4 is 9.47 Å². The van der Waals surface area contributed by atoms with Crippen molar-refractivity contribution in [3.8, 4) is 17.2 Å². The maximum atomic E-state index is 13.2. The Kier molecular flexibility index (Phi) is 6.20. The first-order valence-corrected chi connectivity index (χ1v) is 12.8. The summed E-state index contributed by atoms with van der Waals surface area (Å²) in [6, 6.07) is 19.6. The van der Waals surface area contributed by atoms with E-state index in [0.717, 1.165) is 17.1 Å². The third-order valence-corrected chi connectivity index (χ3v) is 8.11. The normalized spacial score (nSPS) is 16.4. The zero-order chi connectivity index (χ0) is 23.7. The maximum Gasteiger partial charge on any atom is 0.243 e. The van der Waals surface area contributed by atoms with Crippen LogP contribution in [0, 0.1) is 0 Å². The van der Waals surface area contributed by atoms with Crippen molar-refractivity contribution in [3.63, 3.8) is 0 Å². The molecule has 2 aliphatic heterocycles. The van der Waals surface area contributed by atoms with E-state index in [1.165, 1.54) is 4.31 Å². The topological polar surface area (TPSA) is 71.4 Å². The number of amidine groups is 1. The molecule has 2 aliphatic rings. The number of sulfonamides is 1. The van der Waals surface area contributed by atoms with Gasteiger partial charge in [0, 0.05) is 37.3 Å². The van der Waals surface area contributed by atoms with E-state index in [0.29, 0.717) is 54.9 Å². The van der Waals surface area contributed by atoms with Gasteiger partial charge in [0.1, 0.15) is 23.0 Å². The average Bonchev–Trinajstić information content (AvgIpc) is 3.19. The van der Waals surface area contributed by atoms with Crippen molar-refractivity contribution < 1.29 is 17.9 Å². The third kappa shape index (κ3) is 4.36. The number of hydrogen-bond donors (Lipinski definition) is 0. The molecule has 7 nitrogen and oxygen atoms in total. The van der Waals surface area contributed by atoms with Crippen LogP contribution in [-0.4, -0.2) is 56.7 Å². The van der Waals surface area contributed by atoms with E-state index in [9.17, 15) is 8.42 Å². The van der Waals surface area contributed by atoms with Gasteiger partial charge in [-0.25, -0.2) is 13.4 Å². The Bertz CT molecular complexity index is 1340. The summed E-state index contributed by atoms with van der Waals surface area (Å²) in [5.41, 5.74) is 1.56. The molecule has 9 heteroatoms. The molecule has 2 heterocycles. The van der Waals surface area contributed by atoms with E-state index >= 15 is 0 Å². The third-order valence-electron chi connectivity index (χ3n) is 5.95. The Labute approximate surface area is 204 Å². The largest absolute Gasteiger partial charge is 0.497 e. The minimum absolute atomic E-state index is 0.247. The monoisotopic (exact) mass is 497 g/mol.